The molecule has 0 aliphatic carbocycles. The Balaban J connectivity index is 2.68. The number of nitrogens with one attached hydrogen (secondary N) is 2. The molecule has 7 nitrogen and oxygen atoms in total. The molecule has 1 amide bonds. The minimum atomic E-state index is -3.67. The lowest BCUT2D eigenvalue weighted by Gasteiger charge is -2.13. The van der Waals surface area contributed by atoms with Gasteiger partial charge in [-0.1, -0.05) is 40.6 Å². The lowest BCUT2D eigenvalue weighted by atomic mass is 10.0. The van der Waals surface area contributed by atoms with Gasteiger partial charge in [0, 0.05) is 18.8 Å². The van der Waals surface area contributed by atoms with E-state index in [1.165, 1.54) is 6.92 Å². The van der Waals surface area contributed by atoms with Crippen LogP contribution in [0.5, 0.6) is 0 Å². The lowest BCUT2D eigenvalue weighted by molar-refractivity contribution is -0.114. The fourth-order valence-corrected chi connectivity index (χ4v) is 4.16. The third kappa shape index (κ3) is 5.43. The van der Waals surface area contributed by atoms with Gasteiger partial charge in [0.05, 0.1) is 0 Å². The SMILES string of the molecule is CCC(CCBr)CNS(=O)(=O)c1nnc(NC(C)=O)s1. The van der Waals surface area contributed by atoms with Crippen LogP contribution in [0.4, 0.5) is 5.13 Å². The van der Waals surface area contributed by atoms with Gasteiger partial charge in [-0.25, -0.2) is 13.1 Å². The summed E-state index contributed by atoms with van der Waals surface area (Å²) in [6.45, 7) is 3.70. The minimum Gasteiger partial charge on any atom is -0.301 e. The summed E-state index contributed by atoms with van der Waals surface area (Å²) < 4.78 is 26.4. The van der Waals surface area contributed by atoms with Crippen LogP contribution in [0.25, 0.3) is 0 Å². The van der Waals surface area contributed by atoms with Crippen molar-refractivity contribution >= 4 is 48.3 Å². The molecule has 1 aromatic heterocycles. The predicted octanol–water partition coefficient (Wildman–Crippen LogP) is 1.59. The molecule has 10 heteroatoms. The zero-order valence-corrected chi connectivity index (χ0v) is 14.4. The molecule has 1 aromatic rings. The number of anilines is 1. The first kappa shape index (κ1) is 17.5. The molecule has 0 radical (unpaired) electrons. The number of aromatic nitrogens is 2. The highest BCUT2D eigenvalue weighted by Gasteiger charge is 2.21. The average molecular weight is 385 g/mol. The molecule has 1 heterocycles. The number of nitrogens with zero attached hydrogens (tertiary/aromatic N) is 2. The van der Waals surface area contributed by atoms with Gasteiger partial charge in [0.25, 0.3) is 10.0 Å². The van der Waals surface area contributed by atoms with Gasteiger partial charge >= 0.3 is 0 Å². The number of sulfonamides is 1. The quantitative estimate of drug-likeness (QED) is 0.523. The topological polar surface area (TPSA) is 101 Å². The van der Waals surface area contributed by atoms with Gasteiger partial charge in [-0.3, -0.25) is 4.79 Å². The Bertz CT molecular complexity index is 546. The van der Waals surface area contributed by atoms with Crippen molar-refractivity contribution in [1.82, 2.24) is 14.9 Å². The molecule has 1 rings (SSSR count). The van der Waals surface area contributed by atoms with E-state index in [2.05, 4.69) is 36.2 Å². The van der Waals surface area contributed by atoms with Crippen molar-refractivity contribution in [1.29, 1.82) is 0 Å². The van der Waals surface area contributed by atoms with Crippen molar-refractivity contribution in [2.75, 3.05) is 17.2 Å². The first-order valence-corrected chi connectivity index (χ1v) is 9.47. The molecule has 1 atom stereocenters. The highest BCUT2D eigenvalue weighted by atomic mass is 79.9. The molecular formula is C10H17BrN4O3S2. The average Bonchev–Trinajstić information content (AvgIpc) is 2.82. The Morgan fingerprint density at radius 2 is 2.15 bits per heavy atom. The van der Waals surface area contributed by atoms with E-state index in [0.717, 1.165) is 29.5 Å². The molecular weight excluding hydrogens is 368 g/mol. The second kappa shape index (κ2) is 8.01. The molecule has 114 valence electrons. The maximum absolute atomic E-state index is 12.0. The van der Waals surface area contributed by atoms with Crippen LogP contribution < -0.4 is 10.0 Å². The molecule has 0 saturated carbocycles. The van der Waals surface area contributed by atoms with Gasteiger partial charge in [-0.2, -0.15) is 0 Å². The number of carbonyl (C=O) groups is 1. The van der Waals surface area contributed by atoms with Gasteiger partial charge in [0.2, 0.25) is 15.4 Å². The summed E-state index contributed by atoms with van der Waals surface area (Å²) >= 11 is 4.17. The Hall–Kier alpha value is -0.580. The van der Waals surface area contributed by atoms with E-state index in [0.29, 0.717) is 6.54 Å². The van der Waals surface area contributed by atoms with Crippen molar-refractivity contribution in [3.05, 3.63) is 0 Å². The standard InChI is InChI=1S/C10H17BrN4O3S2/c1-3-8(4-5-11)6-12-20(17,18)10-15-14-9(19-10)13-7(2)16/h8,12H,3-6H2,1-2H3,(H,13,14,16). The third-order valence-corrected chi connectivity index (χ3v) is 5.66. The Morgan fingerprint density at radius 3 is 2.70 bits per heavy atom. The van der Waals surface area contributed by atoms with Crippen LogP contribution in [0.15, 0.2) is 4.34 Å². The number of hydrogen-bond donors (Lipinski definition) is 2. The molecule has 0 aromatic carbocycles. The van der Waals surface area contributed by atoms with Crippen molar-refractivity contribution in [2.45, 2.75) is 31.0 Å². The zero-order valence-electron chi connectivity index (χ0n) is 11.2. The minimum absolute atomic E-state index is 0.144. The summed E-state index contributed by atoms with van der Waals surface area (Å²) in [5.41, 5.74) is 0. The Morgan fingerprint density at radius 1 is 1.45 bits per heavy atom. The van der Waals surface area contributed by atoms with Crippen LogP contribution in [-0.2, 0) is 14.8 Å². The third-order valence-electron chi connectivity index (χ3n) is 2.58. The first-order chi connectivity index (χ1) is 9.39. The molecule has 0 aliphatic heterocycles. The number of hydrogen-bond acceptors (Lipinski definition) is 6. The summed E-state index contributed by atoms with van der Waals surface area (Å²) in [4.78, 5) is 10.9. The fraction of sp³-hybridized carbons (Fsp3) is 0.700. The Kier molecular flexibility index (Phi) is 7.00. The van der Waals surface area contributed by atoms with Gasteiger partial charge in [-0.15, -0.1) is 10.2 Å². The number of alkyl halides is 1. The largest absolute Gasteiger partial charge is 0.301 e. The van der Waals surface area contributed by atoms with Crippen LogP contribution in [0, 0.1) is 5.92 Å². The summed E-state index contributed by atoms with van der Waals surface area (Å²) in [5, 5.41) is 10.6. The second-order valence-corrected chi connectivity index (χ2v) is 7.87. The normalized spacial score (nSPS) is 13.2. The van der Waals surface area contributed by atoms with Crippen molar-refractivity contribution in [3.63, 3.8) is 0 Å². The van der Waals surface area contributed by atoms with Crippen molar-refractivity contribution in [2.24, 2.45) is 5.92 Å². The van der Waals surface area contributed by atoms with E-state index in [1.54, 1.807) is 0 Å². The van der Waals surface area contributed by atoms with E-state index in [1.807, 2.05) is 6.92 Å². The summed E-state index contributed by atoms with van der Waals surface area (Å²) in [6, 6.07) is 0. The molecule has 0 aliphatic rings. The van der Waals surface area contributed by atoms with E-state index in [4.69, 9.17) is 0 Å². The van der Waals surface area contributed by atoms with E-state index >= 15 is 0 Å². The Labute approximate surface area is 130 Å². The molecule has 20 heavy (non-hydrogen) atoms. The van der Waals surface area contributed by atoms with Crippen LogP contribution >= 0.6 is 27.3 Å². The molecule has 1 unspecified atom stereocenters. The van der Waals surface area contributed by atoms with E-state index in [-0.39, 0.29) is 21.3 Å². The summed E-state index contributed by atoms with van der Waals surface area (Å²) in [6.07, 6.45) is 1.79. The van der Waals surface area contributed by atoms with E-state index in [9.17, 15) is 13.2 Å². The van der Waals surface area contributed by atoms with Crippen LogP contribution in [0.1, 0.15) is 26.7 Å². The van der Waals surface area contributed by atoms with Crippen molar-refractivity contribution < 1.29 is 13.2 Å². The smallest absolute Gasteiger partial charge is 0.269 e. The number of carbonyl (C=O) groups excluding carboxylic acids is 1. The van der Waals surface area contributed by atoms with Crippen LogP contribution in [0.2, 0.25) is 0 Å². The highest BCUT2D eigenvalue weighted by molar-refractivity contribution is 9.09. The van der Waals surface area contributed by atoms with Gasteiger partial charge in [0.15, 0.2) is 0 Å². The van der Waals surface area contributed by atoms with Crippen LogP contribution in [0.3, 0.4) is 0 Å². The zero-order chi connectivity index (χ0) is 15.2. The number of amides is 1. The molecule has 0 saturated heterocycles. The summed E-state index contributed by atoms with van der Waals surface area (Å²) in [7, 11) is -3.67. The van der Waals surface area contributed by atoms with Crippen LogP contribution in [-0.4, -0.2) is 36.4 Å². The van der Waals surface area contributed by atoms with Gasteiger partial charge in [0.1, 0.15) is 0 Å². The predicted molar refractivity (Wildman–Crippen MR) is 81.6 cm³/mol. The highest BCUT2D eigenvalue weighted by Crippen LogP contribution is 2.20. The molecule has 0 fully saturated rings. The first-order valence-electron chi connectivity index (χ1n) is 6.05. The summed E-state index contributed by atoms with van der Waals surface area (Å²) in [5.74, 6) is -0.0479. The van der Waals surface area contributed by atoms with Gasteiger partial charge in [-0.05, 0) is 12.3 Å². The van der Waals surface area contributed by atoms with Gasteiger partial charge < -0.3 is 5.32 Å². The molecule has 0 spiro atoms. The molecule has 2 N–H and O–H groups in total. The van der Waals surface area contributed by atoms with E-state index < -0.39 is 10.0 Å². The molecule has 0 bridgehead atoms. The number of halogens is 1. The maximum atomic E-state index is 12.0. The van der Waals surface area contributed by atoms with Crippen molar-refractivity contribution in [3.8, 4) is 0 Å². The lowest BCUT2D eigenvalue weighted by Crippen LogP contribution is -2.29. The fourth-order valence-electron chi connectivity index (χ4n) is 1.41. The maximum Gasteiger partial charge on any atom is 0.269 e. The monoisotopic (exact) mass is 384 g/mol. The second-order valence-electron chi connectivity index (χ2n) is 4.16. The number of rotatable bonds is 8.